The van der Waals surface area contributed by atoms with Crippen molar-refractivity contribution in [1.29, 1.82) is 0 Å². The van der Waals surface area contributed by atoms with Crippen molar-refractivity contribution in [3.8, 4) is 0 Å². The summed E-state index contributed by atoms with van der Waals surface area (Å²) in [5.74, 6) is -0.648. The summed E-state index contributed by atoms with van der Waals surface area (Å²) in [5.41, 5.74) is 1.02. The lowest BCUT2D eigenvalue weighted by molar-refractivity contribution is -0.149. The molecule has 2 atom stereocenters. The predicted octanol–water partition coefficient (Wildman–Crippen LogP) is 1.95. The third kappa shape index (κ3) is 3.34. The molecule has 0 bridgehead atoms. The van der Waals surface area contributed by atoms with Gasteiger partial charge in [0.2, 0.25) is 0 Å². The first-order valence-corrected chi connectivity index (χ1v) is 9.92. The van der Waals surface area contributed by atoms with E-state index in [0.29, 0.717) is 32.5 Å². The SMILES string of the molecule is CCOC(=O)[C@H]1CCCN(S(=O)(=O)N2CC[C@H]2c2ccccc2)C1. The lowest BCUT2D eigenvalue weighted by Crippen LogP contribution is -2.54. The Morgan fingerprint density at radius 1 is 1.21 bits per heavy atom. The van der Waals surface area contributed by atoms with E-state index in [2.05, 4.69) is 0 Å². The second-order valence-corrected chi connectivity index (χ2v) is 8.16. The molecule has 0 N–H and O–H groups in total. The average Bonchev–Trinajstić information content (AvgIpc) is 2.55. The number of nitrogens with zero attached hydrogens (tertiary/aromatic N) is 2. The van der Waals surface area contributed by atoms with Gasteiger partial charge >= 0.3 is 5.97 Å². The average molecular weight is 352 g/mol. The van der Waals surface area contributed by atoms with Crippen molar-refractivity contribution in [1.82, 2.24) is 8.61 Å². The number of rotatable bonds is 5. The first-order valence-electron chi connectivity index (χ1n) is 8.52. The fourth-order valence-electron chi connectivity index (χ4n) is 3.40. The molecule has 2 fully saturated rings. The van der Waals surface area contributed by atoms with Gasteiger partial charge in [-0.2, -0.15) is 17.0 Å². The normalized spacial score (nSPS) is 25.9. The van der Waals surface area contributed by atoms with Crippen LogP contribution in [0.4, 0.5) is 0 Å². The zero-order chi connectivity index (χ0) is 17.2. The molecule has 0 aromatic heterocycles. The van der Waals surface area contributed by atoms with E-state index in [1.165, 1.54) is 4.31 Å². The third-order valence-corrected chi connectivity index (χ3v) is 6.80. The number of esters is 1. The van der Waals surface area contributed by atoms with E-state index in [1.807, 2.05) is 30.3 Å². The second kappa shape index (κ2) is 7.21. The number of hydrogen-bond donors (Lipinski definition) is 0. The minimum absolute atomic E-state index is 0.0980. The summed E-state index contributed by atoms with van der Waals surface area (Å²) in [4.78, 5) is 12.0. The van der Waals surface area contributed by atoms with Gasteiger partial charge in [-0.05, 0) is 31.7 Å². The van der Waals surface area contributed by atoms with E-state index >= 15 is 0 Å². The van der Waals surface area contributed by atoms with Crippen molar-refractivity contribution in [2.24, 2.45) is 5.92 Å². The Kier molecular flexibility index (Phi) is 5.22. The summed E-state index contributed by atoms with van der Waals surface area (Å²) < 4.78 is 34.0. The van der Waals surface area contributed by atoms with Gasteiger partial charge in [-0.15, -0.1) is 0 Å². The van der Waals surface area contributed by atoms with Crippen LogP contribution < -0.4 is 0 Å². The van der Waals surface area contributed by atoms with E-state index in [1.54, 1.807) is 11.2 Å². The number of piperidine rings is 1. The highest BCUT2D eigenvalue weighted by Gasteiger charge is 2.43. The van der Waals surface area contributed by atoms with Crippen molar-refractivity contribution in [2.75, 3.05) is 26.2 Å². The number of carbonyl (C=O) groups is 1. The Labute approximate surface area is 143 Å². The van der Waals surface area contributed by atoms with Gasteiger partial charge in [0, 0.05) is 19.6 Å². The zero-order valence-corrected chi connectivity index (χ0v) is 14.7. The lowest BCUT2D eigenvalue weighted by Gasteiger charge is -2.44. The number of ether oxygens (including phenoxy) is 1. The smallest absolute Gasteiger partial charge is 0.310 e. The highest BCUT2D eigenvalue weighted by Crippen LogP contribution is 2.37. The topological polar surface area (TPSA) is 66.9 Å². The molecule has 1 aromatic rings. The van der Waals surface area contributed by atoms with Crippen LogP contribution in [0.15, 0.2) is 30.3 Å². The van der Waals surface area contributed by atoms with Crippen LogP contribution >= 0.6 is 0 Å². The largest absolute Gasteiger partial charge is 0.466 e. The molecule has 2 saturated heterocycles. The standard InChI is InChI=1S/C17H24N2O4S/c1-2-23-17(20)15-9-6-11-18(13-15)24(21,22)19-12-10-16(19)14-7-4-3-5-8-14/h3-5,7-8,15-16H,2,6,9-13H2,1H3/t15-,16-/m0/s1. The molecular weight excluding hydrogens is 328 g/mol. The van der Waals surface area contributed by atoms with Crippen molar-refractivity contribution >= 4 is 16.2 Å². The highest BCUT2D eigenvalue weighted by molar-refractivity contribution is 7.86. The molecule has 2 aliphatic heterocycles. The summed E-state index contributed by atoms with van der Waals surface area (Å²) in [7, 11) is -3.55. The lowest BCUT2D eigenvalue weighted by atomic mass is 9.98. The minimum atomic E-state index is -3.55. The molecule has 0 saturated carbocycles. The maximum atomic E-state index is 13.0. The van der Waals surface area contributed by atoms with Gasteiger partial charge in [0.15, 0.2) is 0 Å². The van der Waals surface area contributed by atoms with Crippen molar-refractivity contribution in [2.45, 2.75) is 32.2 Å². The van der Waals surface area contributed by atoms with Gasteiger partial charge < -0.3 is 4.74 Å². The molecule has 132 valence electrons. The maximum Gasteiger partial charge on any atom is 0.310 e. The van der Waals surface area contributed by atoms with Gasteiger partial charge in [0.25, 0.3) is 10.2 Å². The van der Waals surface area contributed by atoms with Crippen molar-refractivity contribution < 1.29 is 17.9 Å². The van der Waals surface area contributed by atoms with E-state index in [0.717, 1.165) is 12.0 Å². The Bertz CT molecular complexity index is 677. The zero-order valence-electron chi connectivity index (χ0n) is 13.9. The molecule has 24 heavy (non-hydrogen) atoms. The van der Waals surface area contributed by atoms with Crippen LogP contribution in [0, 0.1) is 5.92 Å². The van der Waals surface area contributed by atoms with Crippen LogP contribution in [0.1, 0.15) is 37.8 Å². The molecule has 1 aromatic carbocycles. The highest BCUT2D eigenvalue weighted by atomic mass is 32.2. The van der Waals surface area contributed by atoms with E-state index < -0.39 is 10.2 Å². The van der Waals surface area contributed by atoms with E-state index in [-0.39, 0.29) is 24.5 Å². The van der Waals surface area contributed by atoms with Crippen LogP contribution in [-0.4, -0.2) is 49.2 Å². The predicted molar refractivity (Wildman–Crippen MR) is 90.4 cm³/mol. The van der Waals surface area contributed by atoms with Crippen LogP contribution in [0.5, 0.6) is 0 Å². The first kappa shape index (κ1) is 17.4. The number of carbonyl (C=O) groups excluding carboxylic acids is 1. The molecule has 2 heterocycles. The van der Waals surface area contributed by atoms with Gasteiger partial charge in [-0.1, -0.05) is 30.3 Å². The van der Waals surface area contributed by atoms with Crippen LogP contribution in [0.25, 0.3) is 0 Å². The second-order valence-electron chi connectivity index (χ2n) is 6.28. The number of benzene rings is 1. The first-order chi connectivity index (χ1) is 11.5. The maximum absolute atomic E-state index is 13.0. The molecule has 7 heteroatoms. The van der Waals surface area contributed by atoms with E-state index in [4.69, 9.17) is 4.74 Å². The van der Waals surface area contributed by atoms with E-state index in [9.17, 15) is 13.2 Å². The van der Waals surface area contributed by atoms with Gasteiger partial charge in [0.1, 0.15) is 0 Å². The molecule has 0 aliphatic carbocycles. The summed E-state index contributed by atoms with van der Waals surface area (Å²) in [6.45, 7) is 3.31. The van der Waals surface area contributed by atoms with Crippen LogP contribution in [0.3, 0.4) is 0 Å². The molecular formula is C17H24N2O4S. The quantitative estimate of drug-likeness (QED) is 0.760. The monoisotopic (exact) mass is 352 g/mol. The molecule has 0 spiro atoms. The molecule has 0 amide bonds. The Morgan fingerprint density at radius 2 is 1.96 bits per heavy atom. The van der Waals surface area contributed by atoms with Crippen LogP contribution in [-0.2, 0) is 19.7 Å². The fourth-order valence-corrected chi connectivity index (χ4v) is 5.31. The summed E-state index contributed by atoms with van der Waals surface area (Å²) in [6, 6.07) is 9.61. The van der Waals surface area contributed by atoms with Crippen molar-refractivity contribution in [3.63, 3.8) is 0 Å². The van der Waals surface area contributed by atoms with Crippen molar-refractivity contribution in [3.05, 3.63) is 35.9 Å². The summed E-state index contributed by atoms with van der Waals surface area (Å²) >= 11 is 0. The molecule has 2 aliphatic rings. The fraction of sp³-hybridized carbons (Fsp3) is 0.588. The molecule has 0 unspecified atom stereocenters. The van der Waals surface area contributed by atoms with Gasteiger partial charge in [0.05, 0.1) is 18.6 Å². The Morgan fingerprint density at radius 3 is 2.58 bits per heavy atom. The Balaban J connectivity index is 1.72. The van der Waals surface area contributed by atoms with Crippen LogP contribution in [0.2, 0.25) is 0 Å². The molecule has 3 rings (SSSR count). The van der Waals surface area contributed by atoms with Gasteiger partial charge in [-0.25, -0.2) is 0 Å². The summed E-state index contributed by atoms with van der Waals surface area (Å²) in [6.07, 6.45) is 2.21. The Hall–Kier alpha value is -1.44. The third-order valence-electron chi connectivity index (χ3n) is 4.78. The minimum Gasteiger partial charge on any atom is -0.466 e. The molecule has 0 radical (unpaired) electrons. The van der Waals surface area contributed by atoms with Gasteiger partial charge in [-0.3, -0.25) is 4.79 Å². The summed E-state index contributed by atoms with van der Waals surface area (Å²) in [5, 5.41) is 0. The number of hydrogen-bond acceptors (Lipinski definition) is 4. The molecule has 6 nitrogen and oxygen atoms in total.